The van der Waals surface area contributed by atoms with Crippen LogP contribution in [0, 0.1) is 0 Å². The van der Waals surface area contributed by atoms with Crippen LogP contribution in [-0.4, -0.2) is 16.6 Å². The van der Waals surface area contributed by atoms with Crippen LogP contribution in [0.25, 0.3) is 0 Å². The van der Waals surface area contributed by atoms with Gasteiger partial charge in [0, 0.05) is 17.3 Å². The van der Waals surface area contributed by atoms with E-state index >= 15 is 0 Å². The number of hydrogen-bond acceptors (Lipinski definition) is 4. The quantitative estimate of drug-likeness (QED) is 0.905. The third kappa shape index (κ3) is 3.83. The lowest BCUT2D eigenvalue weighted by atomic mass is 10.1. The van der Waals surface area contributed by atoms with Crippen LogP contribution >= 0.6 is 11.6 Å². The molecule has 0 saturated heterocycles. The van der Waals surface area contributed by atoms with Crippen molar-refractivity contribution in [3.05, 3.63) is 47.1 Å². The van der Waals surface area contributed by atoms with Crippen LogP contribution in [0.5, 0.6) is 5.88 Å². The first-order valence-electron chi connectivity index (χ1n) is 6.17. The second-order valence-electron chi connectivity index (χ2n) is 4.07. The van der Waals surface area contributed by atoms with Gasteiger partial charge in [0.15, 0.2) is 0 Å². The van der Waals surface area contributed by atoms with Crippen LogP contribution in [0.3, 0.4) is 0 Å². The average molecular weight is 278 g/mol. The summed E-state index contributed by atoms with van der Waals surface area (Å²) >= 11 is 5.98. The van der Waals surface area contributed by atoms with Gasteiger partial charge in [-0.05, 0) is 31.5 Å². The molecule has 5 heteroatoms. The van der Waals surface area contributed by atoms with Crippen LogP contribution in [0.1, 0.15) is 25.5 Å². The Bertz CT molecular complexity index is 548. The number of rotatable bonds is 5. The van der Waals surface area contributed by atoms with E-state index in [9.17, 15) is 0 Å². The zero-order chi connectivity index (χ0) is 13.7. The van der Waals surface area contributed by atoms with Crippen molar-refractivity contribution < 1.29 is 4.74 Å². The van der Waals surface area contributed by atoms with E-state index in [4.69, 9.17) is 16.3 Å². The second kappa shape index (κ2) is 6.38. The summed E-state index contributed by atoms with van der Waals surface area (Å²) in [4.78, 5) is 8.45. The maximum Gasteiger partial charge on any atom is 0.226 e. The third-order valence-corrected chi connectivity index (χ3v) is 2.85. The normalized spacial score (nSPS) is 11.9. The summed E-state index contributed by atoms with van der Waals surface area (Å²) in [5, 5.41) is 3.94. The van der Waals surface area contributed by atoms with Crippen molar-refractivity contribution in [1.29, 1.82) is 0 Å². The van der Waals surface area contributed by atoms with Crippen LogP contribution in [0.2, 0.25) is 5.02 Å². The summed E-state index contributed by atoms with van der Waals surface area (Å²) < 4.78 is 5.34. The van der Waals surface area contributed by atoms with Crippen molar-refractivity contribution in [2.75, 3.05) is 11.9 Å². The van der Waals surface area contributed by atoms with Gasteiger partial charge in [0.05, 0.1) is 12.6 Å². The lowest BCUT2D eigenvalue weighted by Gasteiger charge is -2.14. The van der Waals surface area contributed by atoms with E-state index in [1.54, 1.807) is 12.3 Å². The summed E-state index contributed by atoms with van der Waals surface area (Å²) in [6.07, 6.45) is 1.67. The molecule has 1 unspecified atom stereocenters. The average Bonchev–Trinajstić information content (AvgIpc) is 2.39. The van der Waals surface area contributed by atoms with Crippen molar-refractivity contribution in [1.82, 2.24) is 9.97 Å². The van der Waals surface area contributed by atoms with Crippen LogP contribution in [0.4, 0.5) is 5.95 Å². The third-order valence-electron chi connectivity index (χ3n) is 2.62. The highest BCUT2D eigenvalue weighted by molar-refractivity contribution is 6.30. The first-order valence-corrected chi connectivity index (χ1v) is 6.54. The van der Waals surface area contributed by atoms with E-state index in [-0.39, 0.29) is 6.04 Å². The number of anilines is 1. The van der Waals surface area contributed by atoms with Crippen molar-refractivity contribution in [3.8, 4) is 5.88 Å². The Morgan fingerprint density at radius 2 is 2.21 bits per heavy atom. The van der Waals surface area contributed by atoms with Gasteiger partial charge in [-0.3, -0.25) is 0 Å². The molecule has 0 aliphatic heterocycles. The summed E-state index contributed by atoms with van der Waals surface area (Å²) in [5.74, 6) is 1.11. The van der Waals surface area contributed by atoms with Gasteiger partial charge in [0.25, 0.3) is 0 Å². The monoisotopic (exact) mass is 277 g/mol. The van der Waals surface area contributed by atoms with E-state index in [2.05, 4.69) is 15.3 Å². The lowest BCUT2D eigenvalue weighted by molar-refractivity contribution is 0.326. The fraction of sp³-hybridized carbons (Fsp3) is 0.286. The van der Waals surface area contributed by atoms with Crippen LogP contribution in [0.15, 0.2) is 36.5 Å². The molecule has 1 aromatic carbocycles. The molecule has 0 amide bonds. The van der Waals surface area contributed by atoms with Gasteiger partial charge in [-0.2, -0.15) is 4.98 Å². The summed E-state index contributed by atoms with van der Waals surface area (Å²) in [6, 6.07) is 9.51. The molecule has 2 rings (SSSR count). The predicted molar refractivity (Wildman–Crippen MR) is 76.7 cm³/mol. The zero-order valence-corrected chi connectivity index (χ0v) is 11.7. The van der Waals surface area contributed by atoms with Crippen molar-refractivity contribution in [2.45, 2.75) is 19.9 Å². The molecule has 1 heterocycles. The molecular formula is C14H16ClN3O. The highest BCUT2D eigenvalue weighted by atomic mass is 35.5. The van der Waals surface area contributed by atoms with Gasteiger partial charge in [-0.15, -0.1) is 0 Å². The molecule has 1 N–H and O–H groups in total. The van der Waals surface area contributed by atoms with Gasteiger partial charge in [-0.25, -0.2) is 4.98 Å². The number of aromatic nitrogens is 2. The Labute approximate surface area is 117 Å². The van der Waals surface area contributed by atoms with E-state index in [1.165, 1.54) is 0 Å². The largest absolute Gasteiger partial charge is 0.478 e. The van der Waals surface area contributed by atoms with E-state index in [1.807, 2.05) is 38.1 Å². The molecule has 0 aliphatic carbocycles. The molecule has 0 spiro atoms. The topological polar surface area (TPSA) is 47.0 Å². The van der Waals surface area contributed by atoms with Crippen LogP contribution < -0.4 is 10.1 Å². The van der Waals surface area contributed by atoms with E-state index < -0.39 is 0 Å². The van der Waals surface area contributed by atoms with Crippen molar-refractivity contribution in [2.24, 2.45) is 0 Å². The highest BCUT2D eigenvalue weighted by Crippen LogP contribution is 2.20. The molecule has 0 bridgehead atoms. The first-order chi connectivity index (χ1) is 9.19. The SMILES string of the molecule is CCOc1ccnc(NC(C)c2cccc(Cl)c2)n1. The molecule has 0 aliphatic rings. The minimum atomic E-state index is 0.0653. The smallest absolute Gasteiger partial charge is 0.226 e. The number of ether oxygens (including phenoxy) is 1. The van der Waals surface area contributed by atoms with Gasteiger partial charge in [-0.1, -0.05) is 23.7 Å². The highest BCUT2D eigenvalue weighted by Gasteiger charge is 2.08. The molecule has 0 radical (unpaired) electrons. The number of nitrogens with one attached hydrogen (secondary N) is 1. The lowest BCUT2D eigenvalue weighted by Crippen LogP contribution is -2.09. The number of halogens is 1. The van der Waals surface area contributed by atoms with Gasteiger partial charge < -0.3 is 10.1 Å². The number of nitrogens with zero attached hydrogens (tertiary/aromatic N) is 2. The Hall–Kier alpha value is -1.81. The summed E-state index contributed by atoms with van der Waals surface area (Å²) in [6.45, 7) is 4.53. The molecule has 100 valence electrons. The minimum Gasteiger partial charge on any atom is -0.478 e. The molecule has 4 nitrogen and oxygen atoms in total. The van der Waals surface area contributed by atoms with Gasteiger partial charge >= 0.3 is 0 Å². The zero-order valence-electron chi connectivity index (χ0n) is 10.9. The molecule has 19 heavy (non-hydrogen) atoms. The molecular weight excluding hydrogens is 262 g/mol. The number of hydrogen-bond donors (Lipinski definition) is 1. The molecule has 0 saturated carbocycles. The van der Waals surface area contributed by atoms with E-state index in [0.717, 1.165) is 10.6 Å². The van der Waals surface area contributed by atoms with Gasteiger partial charge in [0.1, 0.15) is 0 Å². The molecule has 1 atom stereocenters. The Kier molecular flexibility index (Phi) is 4.58. The molecule has 1 aromatic heterocycles. The van der Waals surface area contributed by atoms with Crippen LogP contribution in [-0.2, 0) is 0 Å². The predicted octanol–water partition coefficient (Wildman–Crippen LogP) is 3.70. The fourth-order valence-corrected chi connectivity index (χ4v) is 1.89. The summed E-state index contributed by atoms with van der Waals surface area (Å²) in [7, 11) is 0. The second-order valence-corrected chi connectivity index (χ2v) is 4.51. The molecule has 0 fully saturated rings. The standard InChI is InChI=1S/C14H16ClN3O/c1-3-19-13-7-8-16-14(18-13)17-10(2)11-5-4-6-12(15)9-11/h4-10H,3H2,1-2H3,(H,16,17,18). The maximum atomic E-state index is 5.98. The molecule has 2 aromatic rings. The Balaban J connectivity index is 2.10. The Morgan fingerprint density at radius 1 is 1.37 bits per heavy atom. The Morgan fingerprint density at radius 3 is 2.95 bits per heavy atom. The maximum absolute atomic E-state index is 5.98. The number of benzene rings is 1. The van der Waals surface area contributed by atoms with Gasteiger partial charge in [0.2, 0.25) is 11.8 Å². The van der Waals surface area contributed by atoms with E-state index in [0.29, 0.717) is 18.4 Å². The minimum absolute atomic E-state index is 0.0653. The fourth-order valence-electron chi connectivity index (χ4n) is 1.69. The van der Waals surface area contributed by atoms with Crippen molar-refractivity contribution in [3.63, 3.8) is 0 Å². The summed E-state index contributed by atoms with van der Waals surface area (Å²) in [5.41, 5.74) is 1.08. The van der Waals surface area contributed by atoms with Crippen molar-refractivity contribution >= 4 is 17.5 Å². The first kappa shape index (κ1) is 13.6.